The number of carboxylic acids is 1. The molecule has 0 unspecified atom stereocenters. The van der Waals surface area contributed by atoms with E-state index < -0.39 is 5.97 Å². The van der Waals surface area contributed by atoms with Gasteiger partial charge in [0.25, 0.3) is 0 Å². The van der Waals surface area contributed by atoms with Crippen LogP contribution in [-0.2, 0) is 6.42 Å². The standard InChI is InChI=1S/C16H24N2O2S/c1-11-5-8-18(9-6-11)10-7-13-17-14(12-3-2-4-12)15(21-13)16(19)20/h11-12H,2-10H2,1H3,(H,19,20). The molecule has 1 aromatic heterocycles. The Labute approximate surface area is 130 Å². The van der Waals surface area contributed by atoms with Gasteiger partial charge in [-0.2, -0.15) is 0 Å². The van der Waals surface area contributed by atoms with Crippen molar-refractivity contribution in [2.45, 2.75) is 51.4 Å². The Morgan fingerprint density at radius 1 is 1.33 bits per heavy atom. The summed E-state index contributed by atoms with van der Waals surface area (Å²) >= 11 is 1.40. The molecule has 5 heteroatoms. The van der Waals surface area contributed by atoms with E-state index in [0.29, 0.717) is 10.8 Å². The highest BCUT2D eigenvalue weighted by Crippen LogP contribution is 2.39. The van der Waals surface area contributed by atoms with Crippen molar-refractivity contribution in [2.75, 3.05) is 19.6 Å². The van der Waals surface area contributed by atoms with Crippen molar-refractivity contribution in [3.63, 3.8) is 0 Å². The molecule has 1 aliphatic carbocycles. The monoisotopic (exact) mass is 308 g/mol. The van der Waals surface area contributed by atoms with Gasteiger partial charge in [-0.05, 0) is 44.7 Å². The van der Waals surface area contributed by atoms with Gasteiger partial charge < -0.3 is 10.0 Å². The summed E-state index contributed by atoms with van der Waals surface area (Å²) in [6.45, 7) is 5.69. The van der Waals surface area contributed by atoms with E-state index in [9.17, 15) is 9.90 Å². The van der Waals surface area contributed by atoms with E-state index in [1.54, 1.807) is 0 Å². The molecule has 0 spiro atoms. The third-order valence-electron chi connectivity index (χ3n) is 4.90. The number of carbonyl (C=O) groups is 1. The number of carboxylic acid groups (broad SMARTS) is 1. The van der Waals surface area contributed by atoms with Crippen LogP contribution in [0.2, 0.25) is 0 Å². The van der Waals surface area contributed by atoms with Gasteiger partial charge in [0.2, 0.25) is 0 Å². The molecule has 0 aromatic carbocycles. The molecule has 2 heterocycles. The molecule has 21 heavy (non-hydrogen) atoms. The summed E-state index contributed by atoms with van der Waals surface area (Å²) in [4.78, 5) is 19.0. The third-order valence-corrected chi connectivity index (χ3v) is 6.02. The topological polar surface area (TPSA) is 53.4 Å². The number of rotatable bonds is 5. The minimum atomic E-state index is -0.799. The van der Waals surface area contributed by atoms with Crippen LogP contribution in [-0.4, -0.2) is 40.6 Å². The van der Waals surface area contributed by atoms with Crippen LogP contribution < -0.4 is 0 Å². The average molecular weight is 308 g/mol. The van der Waals surface area contributed by atoms with E-state index in [1.165, 1.54) is 43.7 Å². The van der Waals surface area contributed by atoms with Crippen LogP contribution in [0.3, 0.4) is 0 Å². The molecule has 0 amide bonds. The third kappa shape index (κ3) is 3.46. The Morgan fingerprint density at radius 3 is 2.62 bits per heavy atom. The summed E-state index contributed by atoms with van der Waals surface area (Å²) in [5, 5.41) is 10.4. The van der Waals surface area contributed by atoms with Gasteiger partial charge in [0.05, 0.1) is 10.7 Å². The van der Waals surface area contributed by atoms with E-state index in [2.05, 4.69) is 16.8 Å². The lowest BCUT2D eigenvalue weighted by atomic mass is 9.82. The Bertz CT molecular complexity index is 502. The minimum absolute atomic E-state index is 0.400. The minimum Gasteiger partial charge on any atom is -0.477 e. The zero-order chi connectivity index (χ0) is 14.8. The van der Waals surface area contributed by atoms with E-state index in [1.807, 2.05) is 0 Å². The first-order valence-corrected chi connectivity index (χ1v) is 8.90. The molecule has 0 radical (unpaired) electrons. The highest BCUT2D eigenvalue weighted by molar-refractivity contribution is 7.13. The van der Waals surface area contributed by atoms with Gasteiger partial charge in [0.15, 0.2) is 0 Å². The molecule has 2 fully saturated rings. The predicted molar refractivity (Wildman–Crippen MR) is 84.2 cm³/mol. The Balaban J connectivity index is 1.61. The largest absolute Gasteiger partial charge is 0.477 e. The number of likely N-dealkylation sites (tertiary alicyclic amines) is 1. The van der Waals surface area contributed by atoms with Gasteiger partial charge in [-0.25, -0.2) is 9.78 Å². The van der Waals surface area contributed by atoms with E-state index in [0.717, 1.165) is 42.4 Å². The van der Waals surface area contributed by atoms with Crippen LogP contribution >= 0.6 is 11.3 Å². The molecule has 1 N–H and O–H groups in total. The summed E-state index contributed by atoms with van der Waals surface area (Å²) in [6, 6.07) is 0. The SMILES string of the molecule is CC1CCN(CCc2nc(C3CCC3)c(C(=O)O)s2)CC1. The predicted octanol–water partition coefficient (Wildman–Crippen LogP) is 3.38. The van der Waals surface area contributed by atoms with Gasteiger partial charge in [0.1, 0.15) is 4.88 Å². The average Bonchev–Trinajstić information content (AvgIpc) is 2.80. The van der Waals surface area contributed by atoms with Crippen LogP contribution in [0.5, 0.6) is 0 Å². The van der Waals surface area contributed by atoms with Crippen LogP contribution in [0.4, 0.5) is 0 Å². The van der Waals surface area contributed by atoms with Crippen molar-refractivity contribution in [3.05, 3.63) is 15.6 Å². The van der Waals surface area contributed by atoms with Crippen molar-refractivity contribution >= 4 is 17.3 Å². The molecule has 2 aliphatic rings. The number of aromatic nitrogens is 1. The second-order valence-electron chi connectivity index (χ2n) is 6.53. The summed E-state index contributed by atoms with van der Waals surface area (Å²) in [6.07, 6.45) is 6.88. The van der Waals surface area contributed by atoms with Crippen LogP contribution in [0.15, 0.2) is 0 Å². The molecule has 1 aliphatic heterocycles. The summed E-state index contributed by atoms with van der Waals surface area (Å²) < 4.78 is 0. The van der Waals surface area contributed by atoms with Crippen molar-refractivity contribution in [2.24, 2.45) is 5.92 Å². The first-order chi connectivity index (χ1) is 10.1. The lowest BCUT2D eigenvalue weighted by Crippen LogP contribution is -2.34. The normalized spacial score (nSPS) is 21.4. The number of thiazole rings is 1. The fraction of sp³-hybridized carbons (Fsp3) is 0.750. The molecule has 0 bridgehead atoms. The molecule has 1 aromatic rings. The molecule has 1 saturated heterocycles. The first-order valence-electron chi connectivity index (χ1n) is 8.08. The van der Waals surface area contributed by atoms with Gasteiger partial charge in [-0.1, -0.05) is 13.3 Å². The lowest BCUT2D eigenvalue weighted by Gasteiger charge is -2.29. The fourth-order valence-electron chi connectivity index (χ4n) is 3.14. The maximum absolute atomic E-state index is 11.4. The quantitative estimate of drug-likeness (QED) is 0.906. The molecule has 0 atom stereocenters. The number of aromatic carboxylic acids is 1. The van der Waals surface area contributed by atoms with Crippen molar-refractivity contribution in [3.8, 4) is 0 Å². The molecular formula is C16H24N2O2S. The van der Waals surface area contributed by atoms with Crippen molar-refractivity contribution in [1.82, 2.24) is 9.88 Å². The maximum atomic E-state index is 11.4. The van der Waals surface area contributed by atoms with Gasteiger partial charge in [-0.15, -0.1) is 11.3 Å². The van der Waals surface area contributed by atoms with Crippen LogP contribution in [0.1, 0.15) is 65.3 Å². The van der Waals surface area contributed by atoms with Gasteiger partial charge >= 0.3 is 5.97 Å². The number of piperidine rings is 1. The second-order valence-corrected chi connectivity index (χ2v) is 7.61. The highest BCUT2D eigenvalue weighted by atomic mass is 32.1. The molecular weight excluding hydrogens is 284 g/mol. The zero-order valence-corrected chi connectivity index (χ0v) is 13.5. The molecule has 1 saturated carbocycles. The number of hydrogen-bond donors (Lipinski definition) is 1. The molecule has 4 nitrogen and oxygen atoms in total. The van der Waals surface area contributed by atoms with Crippen LogP contribution in [0, 0.1) is 5.92 Å². The number of nitrogens with zero attached hydrogens (tertiary/aromatic N) is 2. The smallest absolute Gasteiger partial charge is 0.347 e. The van der Waals surface area contributed by atoms with E-state index >= 15 is 0 Å². The molecule has 3 rings (SSSR count). The Kier molecular flexibility index (Phi) is 4.60. The van der Waals surface area contributed by atoms with Crippen molar-refractivity contribution < 1.29 is 9.90 Å². The van der Waals surface area contributed by atoms with E-state index in [4.69, 9.17) is 0 Å². The van der Waals surface area contributed by atoms with E-state index in [-0.39, 0.29) is 0 Å². The fourth-order valence-corrected chi connectivity index (χ4v) is 4.11. The second kappa shape index (κ2) is 6.44. The Morgan fingerprint density at radius 2 is 2.05 bits per heavy atom. The summed E-state index contributed by atoms with van der Waals surface area (Å²) in [5.41, 5.74) is 0.862. The Hall–Kier alpha value is -0.940. The van der Waals surface area contributed by atoms with Crippen molar-refractivity contribution in [1.29, 1.82) is 0 Å². The number of hydrogen-bond acceptors (Lipinski definition) is 4. The van der Waals surface area contributed by atoms with Gasteiger partial charge in [-0.3, -0.25) is 0 Å². The van der Waals surface area contributed by atoms with Gasteiger partial charge in [0, 0.05) is 18.9 Å². The zero-order valence-electron chi connectivity index (χ0n) is 12.7. The maximum Gasteiger partial charge on any atom is 0.347 e. The summed E-state index contributed by atoms with van der Waals surface area (Å²) in [7, 11) is 0. The first kappa shape index (κ1) is 15.0. The highest BCUT2D eigenvalue weighted by Gasteiger charge is 2.28. The lowest BCUT2D eigenvalue weighted by molar-refractivity contribution is 0.0699. The van der Waals surface area contributed by atoms with Crippen LogP contribution in [0.25, 0.3) is 0 Å². The summed E-state index contributed by atoms with van der Waals surface area (Å²) in [5.74, 6) is 0.453. The molecule has 116 valence electrons.